The number of fused-ring (bicyclic) bond motifs is 1. The van der Waals surface area contributed by atoms with Crippen LogP contribution in [0.2, 0.25) is 0 Å². The van der Waals surface area contributed by atoms with Gasteiger partial charge in [-0.1, -0.05) is 13.3 Å². The summed E-state index contributed by atoms with van der Waals surface area (Å²) in [4.78, 5) is 0. The lowest BCUT2D eigenvalue weighted by Crippen LogP contribution is -1.97. The minimum absolute atomic E-state index is 1.01. The summed E-state index contributed by atoms with van der Waals surface area (Å²) in [5.41, 5.74) is 4.77. The van der Waals surface area contributed by atoms with E-state index in [0.717, 1.165) is 24.2 Å². The molecule has 16 heavy (non-hydrogen) atoms. The first-order chi connectivity index (χ1) is 7.57. The van der Waals surface area contributed by atoms with Gasteiger partial charge in [0, 0.05) is 29.2 Å². The molecule has 3 heteroatoms. The molecule has 2 aromatic rings. The second kappa shape index (κ2) is 3.89. The van der Waals surface area contributed by atoms with E-state index in [1.54, 1.807) is 0 Å². The molecule has 3 nitrogen and oxygen atoms in total. The summed E-state index contributed by atoms with van der Waals surface area (Å²) in [6.07, 6.45) is 2.12. The third-order valence-corrected chi connectivity index (χ3v) is 3.44. The number of hydrogen-bond acceptors (Lipinski definition) is 2. The third kappa shape index (κ3) is 1.42. The van der Waals surface area contributed by atoms with Crippen molar-refractivity contribution in [2.45, 2.75) is 40.5 Å². The van der Waals surface area contributed by atoms with Gasteiger partial charge in [0.15, 0.2) is 0 Å². The van der Waals surface area contributed by atoms with Crippen molar-refractivity contribution in [3.63, 3.8) is 0 Å². The van der Waals surface area contributed by atoms with Crippen molar-refractivity contribution in [1.82, 2.24) is 14.8 Å². The average Bonchev–Trinajstić information content (AvgIpc) is 2.49. The summed E-state index contributed by atoms with van der Waals surface area (Å²) in [7, 11) is 2.11. The minimum Gasteiger partial charge on any atom is -0.351 e. The largest absolute Gasteiger partial charge is 0.351 e. The standard InChI is InChI=1S/C13H19N3/c1-6-7-11-13-10(4)16(5)9(3)12(13)8(2)14-15-11/h6-7H2,1-5H3. The Kier molecular flexibility index (Phi) is 2.70. The van der Waals surface area contributed by atoms with Crippen LogP contribution >= 0.6 is 0 Å². The Morgan fingerprint density at radius 2 is 1.62 bits per heavy atom. The summed E-state index contributed by atoms with van der Waals surface area (Å²) >= 11 is 0. The Morgan fingerprint density at radius 3 is 2.25 bits per heavy atom. The van der Waals surface area contributed by atoms with E-state index in [1.807, 2.05) is 6.92 Å². The van der Waals surface area contributed by atoms with Gasteiger partial charge in [-0.15, -0.1) is 0 Å². The Hall–Kier alpha value is -1.38. The van der Waals surface area contributed by atoms with Crippen LogP contribution < -0.4 is 0 Å². The van der Waals surface area contributed by atoms with Gasteiger partial charge in [0.05, 0.1) is 11.4 Å². The van der Waals surface area contributed by atoms with Crippen LogP contribution in [0.25, 0.3) is 10.8 Å². The molecule has 0 atom stereocenters. The predicted molar refractivity (Wildman–Crippen MR) is 66.7 cm³/mol. The van der Waals surface area contributed by atoms with Crippen molar-refractivity contribution < 1.29 is 0 Å². The van der Waals surface area contributed by atoms with Gasteiger partial charge in [-0.25, -0.2) is 0 Å². The SMILES string of the molecule is CCCc1nnc(C)c2c(C)n(C)c(C)c12. The van der Waals surface area contributed by atoms with Crippen LogP contribution in [0.4, 0.5) is 0 Å². The average molecular weight is 217 g/mol. The zero-order valence-corrected chi connectivity index (χ0v) is 10.8. The van der Waals surface area contributed by atoms with Gasteiger partial charge in [-0.2, -0.15) is 10.2 Å². The van der Waals surface area contributed by atoms with Crippen LogP contribution in [0.1, 0.15) is 36.1 Å². The molecule has 0 aromatic carbocycles. The summed E-state index contributed by atoms with van der Waals surface area (Å²) < 4.78 is 2.24. The predicted octanol–water partition coefficient (Wildman–Crippen LogP) is 2.85. The van der Waals surface area contributed by atoms with Crippen molar-refractivity contribution >= 4 is 10.8 Å². The highest BCUT2D eigenvalue weighted by molar-refractivity contribution is 5.91. The molecule has 0 bridgehead atoms. The molecular formula is C13H19N3. The van der Waals surface area contributed by atoms with Gasteiger partial charge >= 0.3 is 0 Å². The Bertz CT molecular complexity index is 538. The van der Waals surface area contributed by atoms with Crippen molar-refractivity contribution in [2.24, 2.45) is 7.05 Å². The van der Waals surface area contributed by atoms with E-state index in [4.69, 9.17) is 0 Å². The first-order valence-electron chi connectivity index (χ1n) is 5.85. The van der Waals surface area contributed by atoms with Crippen LogP contribution in [0.3, 0.4) is 0 Å². The molecule has 0 amide bonds. The van der Waals surface area contributed by atoms with E-state index in [0.29, 0.717) is 0 Å². The monoisotopic (exact) mass is 217 g/mol. The molecule has 0 aliphatic heterocycles. The number of aromatic nitrogens is 3. The second-order valence-corrected chi connectivity index (χ2v) is 4.46. The van der Waals surface area contributed by atoms with Gasteiger partial charge in [-0.05, 0) is 27.2 Å². The molecule has 0 saturated heterocycles. The Balaban J connectivity index is 2.87. The normalized spacial score (nSPS) is 11.3. The van der Waals surface area contributed by atoms with Crippen molar-refractivity contribution in [3.8, 4) is 0 Å². The van der Waals surface area contributed by atoms with Crippen LogP contribution in [-0.2, 0) is 13.5 Å². The van der Waals surface area contributed by atoms with E-state index < -0.39 is 0 Å². The van der Waals surface area contributed by atoms with Crippen molar-refractivity contribution in [2.75, 3.05) is 0 Å². The van der Waals surface area contributed by atoms with Gasteiger partial charge in [0.25, 0.3) is 0 Å². The number of nitrogens with zero attached hydrogens (tertiary/aromatic N) is 3. The lowest BCUT2D eigenvalue weighted by molar-refractivity contribution is 0.837. The van der Waals surface area contributed by atoms with E-state index in [-0.39, 0.29) is 0 Å². The third-order valence-electron chi connectivity index (χ3n) is 3.44. The highest BCUT2D eigenvalue weighted by Gasteiger charge is 2.15. The van der Waals surface area contributed by atoms with E-state index in [1.165, 1.54) is 22.2 Å². The molecular weight excluding hydrogens is 198 g/mol. The molecule has 0 N–H and O–H groups in total. The topological polar surface area (TPSA) is 30.7 Å². The van der Waals surface area contributed by atoms with Crippen LogP contribution in [0.5, 0.6) is 0 Å². The summed E-state index contributed by atoms with van der Waals surface area (Å²) in [5, 5.41) is 11.2. The highest BCUT2D eigenvalue weighted by atomic mass is 15.1. The molecule has 86 valence electrons. The Morgan fingerprint density at radius 1 is 1.00 bits per heavy atom. The van der Waals surface area contributed by atoms with Crippen LogP contribution in [0.15, 0.2) is 0 Å². The van der Waals surface area contributed by atoms with Crippen molar-refractivity contribution in [1.29, 1.82) is 0 Å². The number of rotatable bonds is 2. The molecule has 0 aliphatic rings. The molecule has 0 unspecified atom stereocenters. The number of aryl methyl sites for hydroxylation is 4. The second-order valence-electron chi connectivity index (χ2n) is 4.46. The smallest absolute Gasteiger partial charge is 0.0727 e. The van der Waals surface area contributed by atoms with E-state index >= 15 is 0 Å². The first kappa shape index (κ1) is 11.1. The fourth-order valence-corrected chi connectivity index (χ4v) is 2.39. The Labute approximate surface area is 96.5 Å². The lowest BCUT2D eigenvalue weighted by atomic mass is 10.1. The fourth-order valence-electron chi connectivity index (χ4n) is 2.39. The molecule has 0 aliphatic carbocycles. The maximum Gasteiger partial charge on any atom is 0.0727 e. The molecule has 2 heterocycles. The molecule has 0 fully saturated rings. The molecule has 0 radical (unpaired) electrons. The zero-order chi connectivity index (χ0) is 11.9. The summed E-state index contributed by atoms with van der Waals surface area (Å²) in [6.45, 7) is 8.53. The van der Waals surface area contributed by atoms with Crippen LogP contribution in [0, 0.1) is 20.8 Å². The van der Waals surface area contributed by atoms with E-state index in [2.05, 4.69) is 42.6 Å². The molecule has 2 rings (SSSR count). The van der Waals surface area contributed by atoms with Gasteiger partial charge in [-0.3, -0.25) is 0 Å². The quantitative estimate of drug-likeness (QED) is 0.774. The zero-order valence-electron chi connectivity index (χ0n) is 10.8. The lowest BCUT2D eigenvalue weighted by Gasteiger charge is -2.03. The van der Waals surface area contributed by atoms with Crippen LogP contribution in [-0.4, -0.2) is 14.8 Å². The van der Waals surface area contributed by atoms with Gasteiger partial charge < -0.3 is 4.57 Å². The fraction of sp³-hybridized carbons (Fsp3) is 0.538. The summed E-state index contributed by atoms with van der Waals surface area (Å²) in [5.74, 6) is 0. The maximum atomic E-state index is 4.35. The number of hydrogen-bond donors (Lipinski definition) is 0. The van der Waals surface area contributed by atoms with Gasteiger partial charge in [0.1, 0.15) is 0 Å². The minimum atomic E-state index is 1.01. The van der Waals surface area contributed by atoms with E-state index in [9.17, 15) is 0 Å². The molecule has 0 saturated carbocycles. The maximum absolute atomic E-state index is 4.35. The molecule has 2 aromatic heterocycles. The van der Waals surface area contributed by atoms with Crippen molar-refractivity contribution in [3.05, 3.63) is 22.8 Å². The first-order valence-corrected chi connectivity index (χ1v) is 5.85. The molecule has 0 spiro atoms. The highest BCUT2D eigenvalue weighted by Crippen LogP contribution is 2.28. The van der Waals surface area contributed by atoms with Gasteiger partial charge in [0.2, 0.25) is 0 Å². The summed E-state index contributed by atoms with van der Waals surface area (Å²) in [6, 6.07) is 0.